The molecule has 0 bridgehead atoms. The summed E-state index contributed by atoms with van der Waals surface area (Å²) in [5.41, 5.74) is 1.59. The lowest BCUT2D eigenvalue weighted by atomic mass is 10.0. The lowest BCUT2D eigenvalue weighted by molar-refractivity contribution is -0.274. The average Bonchev–Trinajstić information content (AvgIpc) is 2.50. The van der Waals surface area contributed by atoms with Crippen molar-refractivity contribution in [1.29, 1.82) is 0 Å². The molecule has 0 amide bonds. The molecule has 1 aliphatic heterocycles. The first-order chi connectivity index (χ1) is 12.1. The van der Waals surface area contributed by atoms with Gasteiger partial charge in [0, 0.05) is 13.1 Å². The second-order valence-corrected chi connectivity index (χ2v) is 7.39. The number of nitrogens with zero attached hydrogens (tertiary/aromatic N) is 1. The summed E-state index contributed by atoms with van der Waals surface area (Å²) in [7, 11) is -3.99. The van der Waals surface area contributed by atoms with Crippen molar-refractivity contribution in [1.82, 2.24) is 5.06 Å². The average molecular weight is 387 g/mol. The monoisotopic (exact) mass is 387 g/mol. The van der Waals surface area contributed by atoms with Crippen LogP contribution in [0.5, 0.6) is 5.75 Å². The van der Waals surface area contributed by atoms with Crippen LogP contribution in [0.3, 0.4) is 0 Å². The van der Waals surface area contributed by atoms with E-state index in [4.69, 9.17) is 4.28 Å². The van der Waals surface area contributed by atoms with Crippen molar-refractivity contribution in [3.05, 3.63) is 48.0 Å². The Hall–Kier alpha value is -2.10. The number of alkyl halides is 3. The van der Waals surface area contributed by atoms with Crippen molar-refractivity contribution in [3.63, 3.8) is 0 Å². The molecule has 1 aliphatic rings. The zero-order valence-corrected chi connectivity index (χ0v) is 14.6. The van der Waals surface area contributed by atoms with Gasteiger partial charge in [0.2, 0.25) is 0 Å². The number of ether oxygens (including phenoxy) is 1. The number of hydrogen-bond acceptors (Lipinski definition) is 5. The molecule has 0 atom stereocenters. The van der Waals surface area contributed by atoms with Gasteiger partial charge in [-0.25, -0.2) is 0 Å². The molecule has 140 valence electrons. The molecule has 0 spiro atoms. The Kier molecular flexibility index (Phi) is 4.96. The van der Waals surface area contributed by atoms with Crippen LogP contribution in [0.2, 0.25) is 0 Å². The van der Waals surface area contributed by atoms with E-state index < -0.39 is 16.5 Å². The first-order valence-corrected chi connectivity index (χ1v) is 9.21. The van der Waals surface area contributed by atoms with Gasteiger partial charge < -0.3 is 4.74 Å². The fourth-order valence-electron chi connectivity index (χ4n) is 2.47. The highest BCUT2D eigenvalue weighted by Gasteiger charge is 2.31. The molecule has 0 aliphatic carbocycles. The predicted octanol–water partition coefficient (Wildman–Crippen LogP) is 3.89. The van der Waals surface area contributed by atoms with E-state index >= 15 is 0 Å². The summed E-state index contributed by atoms with van der Waals surface area (Å²) in [5, 5.41) is 1.34. The summed E-state index contributed by atoms with van der Waals surface area (Å²) in [4.78, 5) is -0.0628. The quantitative estimate of drug-likeness (QED) is 0.779. The molecule has 0 saturated carbocycles. The number of hydroxylamine groups is 2. The third-order valence-electron chi connectivity index (χ3n) is 3.89. The molecule has 0 aromatic heterocycles. The van der Waals surface area contributed by atoms with E-state index in [1.54, 1.807) is 19.1 Å². The van der Waals surface area contributed by atoms with Crippen LogP contribution in [-0.2, 0) is 14.4 Å². The summed E-state index contributed by atoms with van der Waals surface area (Å²) in [6.07, 6.45) is -3.94. The van der Waals surface area contributed by atoms with Crippen LogP contribution >= 0.6 is 0 Å². The first kappa shape index (κ1) is 18.7. The number of hydrogen-bond donors (Lipinski definition) is 0. The second-order valence-electron chi connectivity index (χ2n) is 5.86. The van der Waals surface area contributed by atoms with E-state index in [2.05, 4.69) is 4.74 Å². The number of halogens is 3. The van der Waals surface area contributed by atoms with Crippen LogP contribution in [-0.4, -0.2) is 32.9 Å². The topological polar surface area (TPSA) is 55.8 Å². The van der Waals surface area contributed by atoms with Crippen LogP contribution in [0.25, 0.3) is 11.1 Å². The van der Waals surface area contributed by atoms with Gasteiger partial charge in [0.25, 0.3) is 0 Å². The Labute approximate surface area is 149 Å². The van der Waals surface area contributed by atoms with Gasteiger partial charge in [-0.15, -0.1) is 13.2 Å². The fraction of sp³-hybridized carbons (Fsp3) is 0.294. The molecule has 26 heavy (non-hydrogen) atoms. The Bertz CT molecular complexity index is 908. The van der Waals surface area contributed by atoms with Crippen LogP contribution in [0, 0.1) is 6.92 Å². The molecular weight excluding hydrogens is 371 g/mol. The van der Waals surface area contributed by atoms with Crippen molar-refractivity contribution < 1.29 is 30.6 Å². The minimum Gasteiger partial charge on any atom is -0.406 e. The van der Waals surface area contributed by atoms with Gasteiger partial charge >= 0.3 is 16.5 Å². The molecule has 0 radical (unpaired) electrons. The Balaban J connectivity index is 1.94. The zero-order valence-electron chi connectivity index (χ0n) is 13.8. The molecule has 2 aromatic rings. The van der Waals surface area contributed by atoms with E-state index in [0.717, 1.165) is 6.42 Å². The molecule has 1 fully saturated rings. The zero-order chi connectivity index (χ0) is 18.9. The van der Waals surface area contributed by atoms with E-state index in [1.165, 1.54) is 35.4 Å². The predicted molar refractivity (Wildman–Crippen MR) is 87.8 cm³/mol. The molecule has 1 heterocycles. The van der Waals surface area contributed by atoms with Crippen molar-refractivity contribution in [2.45, 2.75) is 24.6 Å². The van der Waals surface area contributed by atoms with E-state index in [9.17, 15) is 21.6 Å². The van der Waals surface area contributed by atoms with Gasteiger partial charge in [-0.2, -0.15) is 17.8 Å². The van der Waals surface area contributed by atoms with E-state index in [1.807, 2.05) is 0 Å². The summed E-state index contributed by atoms with van der Waals surface area (Å²) in [6.45, 7) is 2.81. The smallest absolute Gasteiger partial charge is 0.406 e. The van der Waals surface area contributed by atoms with Gasteiger partial charge in [-0.3, -0.25) is 0 Å². The van der Waals surface area contributed by atoms with Gasteiger partial charge in [-0.05, 0) is 54.3 Å². The summed E-state index contributed by atoms with van der Waals surface area (Å²) in [6, 6.07) is 9.76. The van der Waals surface area contributed by atoms with E-state index in [-0.39, 0.29) is 10.6 Å². The van der Waals surface area contributed by atoms with Gasteiger partial charge in [0.1, 0.15) is 5.75 Å². The van der Waals surface area contributed by atoms with Crippen molar-refractivity contribution in [2.24, 2.45) is 0 Å². The number of benzene rings is 2. The van der Waals surface area contributed by atoms with Crippen molar-refractivity contribution in [2.75, 3.05) is 13.1 Å². The van der Waals surface area contributed by atoms with Crippen molar-refractivity contribution >= 4 is 10.1 Å². The first-order valence-electron chi connectivity index (χ1n) is 7.80. The molecule has 3 rings (SSSR count). The highest BCUT2D eigenvalue weighted by molar-refractivity contribution is 7.86. The molecule has 9 heteroatoms. The summed E-state index contributed by atoms with van der Waals surface area (Å²) in [5.74, 6) is -0.375. The van der Waals surface area contributed by atoms with Gasteiger partial charge in [-0.1, -0.05) is 18.2 Å². The lowest BCUT2D eigenvalue weighted by Crippen LogP contribution is -2.38. The molecule has 0 unspecified atom stereocenters. The normalized spacial score (nSPS) is 15.5. The third kappa shape index (κ3) is 4.35. The lowest BCUT2D eigenvalue weighted by Gasteiger charge is -2.28. The summed E-state index contributed by atoms with van der Waals surface area (Å²) >= 11 is 0. The Morgan fingerprint density at radius 1 is 1.08 bits per heavy atom. The number of aryl methyl sites for hydroxylation is 1. The minimum absolute atomic E-state index is 0.0628. The van der Waals surface area contributed by atoms with Crippen LogP contribution in [0.1, 0.15) is 12.0 Å². The standard InChI is InChI=1S/C17H16F3NO4S/c1-12-6-7-15(26(22,23)25-21-8-3-9-21)11-16(12)13-4-2-5-14(10-13)24-17(18,19)20/h2,4-7,10-11H,3,8-9H2,1H3. The maximum Gasteiger partial charge on any atom is 0.573 e. The second kappa shape index (κ2) is 6.90. The summed E-state index contributed by atoms with van der Waals surface area (Å²) < 4.78 is 70.9. The third-order valence-corrected chi connectivity index (χ3v) is 5.13. The maximum absolute atomic E-state index is 12.4. The highest BCUT2D eigenvalue weighted by atomic mass is 32.2. The van der Waals surface area contributed by atoms with E-state index in [0.29, 0.717) is 29.8 Å². The fourth-order valence-corrected chi connectivity index (χ4v) is 3.48. The molecular formula is C17H16F3NO4S. The SMILES string of the molecule is Cc1ccc(S(=O)(=O)ON2CCC2)cc1-c1cccc(OC(F)(F)F)c1. The number of rotatable bonds is 5. The Morgan fingerprint density at radius 2 is 1.81 bits per heavy atom. The molecule has 5 nitrogen and oxygen atoms in total. The van der Waals surface area contributed by atoms with Gasteiger partial charge in [0.05, 0.1) is 4.90 Å². The Morgan fingerprint density at radius 3 is 2.42 bits per heavy atom. The molecule has 1 saturated heterocycles. The highest BCUT2D eigenvalue weighted by Crippen LogP contribution is 2.31. The van der Waals surface area contributed by atoms with Crippen LogP contribution in [0.15, 0.2) is 47.4 Å². The maximum atomic E-state index is 12.4. The largest absolute Gasteiger partial charge is 0.573 e. The molecule has 0 N–H and O–H groups in total. The van der Waals surface area contributed by atoms with Crippen molar-refractivity contribution in [3.8, 4) is 16.9 Å². The van der Waals surface area contributed by atoms with Gasteiger partial charge in [0.15, 0.2) is 0 Å². The minimum atomic E-state index is -4.80. The van der Waals surface area contributed by atoms with Crippen LogP contribution in [0.4, 0.5) is 13.2 Å². The molecule has 2 aromatic carbocycles. The van der Waals surface area contributed by atoms with Crippen LogP contribution < -0.4 is 4.74 Å².